The second kappa shape index (κ2) is 5.20. The molecule has 1 nitrogen and oxygen atoms in total. The van der Waals surface area contributed by atoms with Crippen molar-refractivity contribution in [2.75, 3.05) is 0 Å². The minimum atomic E-state index is -0.432. The molecule has 2 atom stereocenters. The third-order valence-corrected chi connectivity index (χ3v) is 2.90. The Morgan fingerprint density at radius 3 is 2.44 bits per heavy atom. The molecule has 16 heavy (non-hydrogen) atoms. The van der Waals surface area contributed by atoms with Crippen molar-refractivity contribution in [3.05, 3.63) is 34.9 Å². The summed E-state index contributed by atoms with van der Waals surface area (Å²) in [5.74, 6) is 0.235. The lowest BCUT2D eigenvalue weighted by molar-refractivity contribution is 0.0912. The van der Waals surface area contributed by atoms with Gasteiger partial charge in [0.1, 0.15) is 0 Å². The average Bonchev–Trinajstić information content (AvgIpc) is 2.14. The molecule has 1 rings (SSSR count). The molecule has 0 saturated heterocycles. The Bertz CT molecular complexity index is 341. The van der Waals surface area contributed by atoms with Crippen LogP contribution in [0, 0.1) is 11.3 Å². The summed E-state index contributed by atoms with van der Waals surface area (Å²) >= 11 is 5.92. The van der Waals surface area contributed by atoms with Crippen molar-refractivity contribution < 1.29 is 5.11 Å². The smallest absolute Gasteiger partial charge is 0.0816 e. The first-order chi connectivity index (χ1) is 7.29. The molecule has 0 aliphatic rings. The first-order valence-electron chi connectivity index (χ1n) is 5.73. The Labute approximate surface area is 103 Å². The normalized spacial score (nSPS) is 15.9. The molecule has 0 saturated carbocycles. The lowest BCUT2D eigenvalue weighted by atomic mass is 9.81. The van der Waals surface area contributed by atoms with Crippen LogP contribution in [0.3, 0.4) is 0 Å². The van der Waals surface area contributed by atoms with E-state index in [4.69, 9.17) is 11.6 Å². The Hall–Kier alpha value is -0.530. The van der Waals surface area contributed by atoms with Gasteiger partial charge in [-0.05, 0) is 35.4 Å². The van der Waals surface area contributed by atoms with E-state index in [1.54, 1.807) is 0 Å². The third kappa shape index (κ3) is 4.15. The highest BCUT2D eigenvalue weighted by molar-refractivity contribution is 6.30. The van der Waals surface area contributed by atoms with Gasteiger partial charge in [0, 0.05) is 5.02 Å². The molecule has 1 aromatic carbocycles. The Morgan fingerprint density at radius 2 is 1.94 bits per heavy atom. The van der Waals surface area contributed by atoms with Gasteiger partial charge in [0.15, 0.2) is 0 Å². The number of halogens is 1. The van der Waals surface area contributed by atoms with Crippen molar-refractivity contribution in [3.63, 3.8) is 0 Å². The summed E-state index contributed by atoms with van der Waals surface area (Å²) in [6.45, 7) is 8.65. The van der Waals surface area contributed by atoms with E-state index >= 15 is 0 Å². The second-order valence-electron chi connectivity index (χ2n) is 5.74. The minimum Gasteiger partial charge on any atom is -0.388 e. The summed E-state index contributed by atoms with van der Waals surface area (Å²) < 4.78 is 0. The van der Waals surface area contributed by atoms with E-state index < -0.39 is 6.10 Å². The fraction of sp³-hybridized carbons (Fsp3) is 0.571. The quantitative estimate of drug-likeness (QED) is 0.828. The maximum atomic E-state index is 10.2. The third-order valence-electron chi connectivity index (χ3n) is 2.66. The van der Waals surface area contributed by atoms with E-state index in [1.807, 2.05) is 24.3 Å². The molecule has 0 amide bonds. The van der Waals surface area contributed by atoms with Crippen molar-refractivity contribution in [1.29, 1.82) is 0 Å². The molecule has 0 aliphatic carbocycles. The van der Waals surface area contributed by atoms with Crippen LogP contribution in [0.15, 0.2) is 24.3 Å². The summed E-state index contributed by atoms with van der Waals surface area (Å²) in [4.78, 5) is 0. The zero-order valence-corrected chi connectivity index (χ0v) is 11.3. The Balaban J connectivity index is 2.74. The van der Waals surface area contributed by atoms with Gasteiger partial charge in [0.05, 0.1) is 6.10 Å². The molecule has 90 valence electrons. The number of aliphatic hydroxyl groups excluding tert-OH is 1. The highest BCUT2D eigenvalue weighted by atomic mass is 35.5. The minimum absolute atomic E-state index is 0.235. The number of hydrogen-bond donors (Lipinski definition) is 1. The van der Waals surface area contributed by atoms with Gasteiger partial charge in [0.2, 0.25) is 0 Å². The molecular weight excluding hydrogens is 220 g/mol. The molecular formula is C14H21ClO. The van der Waals surface area contributed by atoms with E-state index in [1.165, 1.54) is 0 Å². The van der Waals surface area contributed by atoms with Crippen molar-refractivity contribution >= 4 is 11.6 Å². The zero-order chi connectivity index (χ0) is 12.3. The molecule has 0 bridgehead atoms. The van der Waals surface area contributed by atoms with Crippen LogP contribution in [-0.4, -0.2) is 5.11 Å². The van der Waals surface area contributed by atoms with Crippen LogP contribution in [0.5, 0.6) is 0 Å². The lowest BCUT2D eigenvalue weighted by Crippen LogP contribution is -2.17. The average molecular weight is 241 g/mol. The molecule has 0 fully saturated rings. The highest BCUT2D eigenvalue weighted by Gasteiger charge is 2.22. The summed E-state index contributed by atoms with van der Waals surface area (Å²) in [5.41, 5.74) is 1.14. The molecule has 2 unspecified atom stereocenters. The topological polar surface area (TPSA) is 20.2 Å². The van der Waals surface area contributed by atoms with Gasteiger partial charge in [-0.3, -0.25) is 0 Å². The van der Waals surface area contributed by atoms with Gasteiger partial charge < -0.3 is 5.11 Å². The predicted molar refractivity (Wildman–Crippen MR) is 69.6 cm³/mol. The van der Waals surface area contributed by atoms with Gasteiger partial charge in [-0.2, -0.15) is 0 Å². The monoisotopic (exact) mass is 240 g/mol. The molecule has 2 heteroatoms. The molecule has 0 heterocycles. The fourth-order valence-electron chi connectivity index (χ4n) is 2.10. The Morgan fingerprint density at radius 1 is 1.31 bits per heavy atom. The zero-order valence-electron chi connectivity index (χ0n) is 10.5. The van der Waals surface area contributed by atoms with Gasteiger partial charge in [0.25, 0.3) is 0 Å². The maximum Gasteiger partial charge on any atom is 0.0816 e. The number of aliphatic hydroxyl groups is 1. The van der Waals surface area contributed by atoms with Gasteiger partial charge in [-0.1, -0.05) is 51.4 Å². The largest absolute Gasteiger partial charge is 0.388 e. The van der Waals surface area contributed by atoms with Crippen molar-refractivity contribution in [2.24, 2.45) is 11.3 Å². The molecule has 0 radical (unpaired) electrons. The fourth-order valence-corrected chi connectivity index (χ4v) is 2.30. The predicted octanol–water partition coefficient (Wildman–Crippen LogP) is 4.45. The van der Waals surface area contributed by atoms with Crippen LogP contribution in [0.2, 0.25) is 5.02 Å². The summed E-state index contributed by atoms with van der Waals surface area (Å²) in [7, 11) is 0. The second-order valence-corrected chi connectivity index (χ2v) is 6.18. The summed E-state index contributed by atoms with van der Waals surface area (Å²) in [6, 6.07) is 7.47. The Kier molecular flexibility index (Phi) is 4.40. The maximum absolute atomic E-state index is 10.2. The van der Waals surface area contributed by atoms with E-state index in [-0.39, 0.29) is 11.3 Å². The molecule has 1 N–H and O–H groups in total. The molecule has 0 spiro atoms. The summed E-state index contributed by atoms with van der Waals surface area (Å²) in [5, 5.41) is 10.9. The van der Waals surface area contributed by atoms with Crippen LogP contribution in [-0.2, 0) is 0 Å². The van der Waals surface area contributed by atoms with Gasteiger partial charge >= 0.3 is 0 Å². The SMILES string of the molecule is CC(CC(C)(C)C)C(O)c1cccc(Cl)c1. The van der Waals surface area contributed by atoms with Crippen molar-refractivity contribution in [1.82, 2.24) is 0 Å². The van der Waals surface area contributed by atoms with Gasteiger partial charge in [-0.25, -0.2) is 0 Å². The lowest BCUT2D eigenvalue weighted by Gasteiger charge is -2.27. The number of hydrogen-bond acceptors (Lipinski definition) is 1. The molecule has 0 aliphatic heterocycles. The summed E-state index contributed by atoms with van der Waals surface area (Å²) in [6.07, 6.45) is 0.554. The van der Waals surface area contributed by atoms with E-state index in [0.29, 0.717) is 5.02 Å². The first kappa shape index (κ1) is 13.5. The van der Waals surface area contributed by atoms with Crippen molar-refractivity contribution in [2.45, 2.75) is 40.2 Å². The molecule has 1 aromatic rings. The standard InChI is InChI=1S/C14H21ClO/c1-10(9-14(2,3)4)13(16)11-6-5-7-12(15)8-11/h5-8,10,13,16H,9H2,1-4H3. The van der Waals surface area contributed by atoms with E-state index in [2.05, 4.69) is 27.7 Å². The molecule has 0 aromatic heterocycles. The van der Waals surface area contributed by atoms with Crippen LogP contribution in [0.4, 0.5) is 0 Å². The first-order valence-corrected chi connectivity index (χ1v) is 6.11. The van der Waals surface area contributed by atoms with E-state index in [0.717, 1.165) is 12.0 Å². The van der Waals surface area contributed by atoms with Crippen LogP contribution < -0.4 is 0 Å². The van der Waals surface area contributed by atoms with Crippen molar-refractivity contribution in [3.8, 4) is 0 Å². The number of rotatable bonds is 3. The van der Waals surface area contributed by atoms with Crippen LogP contribution >= 0.6 is 11.6 Å². The van der Waals surface area contributed by atoms with Gasteiger partial charge in [-0.15, -0.1) is 0 Å². The number of benzene rings is 1. The van der Waals surface area contributed by atoms with Crippen LogP contribution in [0.25, 0.3) is 0 Å². The van der Waals surface area contributed by atoms with E-state index in [9.17, 15) is 5.11 Å². The highest BCUT2D eigenvalue weighted by Crippen LogP contribution is 2.33. The van der Waals surface area contributed by atoms with Crippen LogP contribution in [0.1, 0.15) is 45.8 Å².